The van der Waals surface area contributed by atoms with Gasteiger partial charge in [0.05, 0.1) is 5.38 Å². The van der Waals surface area contributed by atoms with Crippen LogP contribution in [0.2, 0.25) is 0 Å². The van der Waals surface area contributed by atoms with Crippen molar-refractivity contribution in [2.24, 2.45) is 0 Å². The third-order valence-corrected chi connectivity index (χ3v) is 0.809. The molecule has 32 valence electrons. The zero-order valence-electron chi connectivity index (χ0n) is 2.76. The quantitative estimate of drug-likeness (QED) is 0.483. The molecule has 0 aliphatic rings. The fourth-order valence-corrected chi connectivity index (χ4v) is 0.460. The van der Waals surface area contributed by atoms with E-state index in [1.54, 1.807) is 0 Å². The summed E-state index contributed by atoms with van der Waals surface area (Å²) in [5.74, 6) is -0.500. The minimum absolute atomic E-state index is 0.500. The molecular formula is C2HFN2S. The number of halogens is 1. The second-order valence-corrected chi connectivity index (χ2v) is 1.34. The minimum Gasteiger partial charge on any atom is -0.182 e. The first kappa shape index (κ1) is 3.67. The normalized spacial score (nSPS) is 8.83. The Morgan fingerprint density at radius 2 is 2.67 bits per heavy atom. The van der Waals surface area contributed by atoms with E-state index in [2.05, 4.69) is 9.59 Å². The molecule has 0 aliphatic carbocycles. The van der Waals surface area contributed by atoms with E-state index in [1.807, 2.05) is 0 Å². The van der Waals surface area contributed by atoms with Crippen molar-refractivity contribution in [1.82, 2.24) is 9.59 Å². The van der Waals surface area contributed by atoms with E-state index >= 15 is 0 Å². The van der Waals surface area contributed by atoms with Crippen LogP contribution in [0.25, 0.3) is 0 Å². The number of nitrogens with zero attached hydrogens (tertiary/aromatic N) is 2. The number of hydrogen-bond acceptors (Lipinski definition) is 3. The van der Waals surface area contributed by atoms with Crippen LogP contribution in [0.4, 0.5) is 4.39 Å². The van der Waals surface area contributed by atoms with Crippen molar-refractivity contribution in [3.63, 3.8) is 0 Å². The van der Waals surface area contributed by atoms with E-state index in [-0.39, 0.29) is 0 Å². The van der Waals surface area contributed by atoms with E-state index in [1.165, 1.54) is 5.38 Å². The highest BCUT2D eigenvalue weighted by molar-refractivity contribution is 7.03. The lowest BCUT2D eigenvalue weighted by molar-refractivity contribution is 0.579. The highest BCUT2D eigenvalue weighted by Crippen LogP contribution is 1.90. The van der Waals surface area contributed by atoms with E-state index in [9.17, 15) is 4.39 Å². The molecule has 0 aliphatic heterocycles. The van der Waals surface area contributed by atoms with Gasteiger partial charge in [0.2, 0.25) is 5.95 Å². The molecule has 1 aromatic heterocycles. The third-order valence-electron chi connectivity index (χ3n) is 0.333. The van der Waals surface area contributed by atoms with Crippen molar-refractivity contribution in [1.29, 1.82) is 0 Å². The van der Waals surface area contributed by atoms with Gasteiger partial charge in [-0.25, -0.2) is 0 Å². The van der Waals surface area contributed by atoms with Crippen molar-refractivity contribution in [3.05, 3.63) is 11.3 Å². The highest BCUT2D eigenvalue weighted by Gasteiger charge is 1.84. The van der Waals surface area contributed by atoms with Crippen LogP contribution in [0, 0.1) is 5.95 Å². The van der Waals surface area contributed by atoms with Gasteiger partial charge in [0, 0.05) is 0 Å². The predicted molar refractivity (Wildman–Crippen MR) is 19.9 cm³/mol. The zero-order chi connectivity index (χ0) is 4.41. The Kier molecular flexibility index (Phi) is 0.795. The number of rotatable bonds is 0. The molecular weight excluding hydrogens is 103 g/mol. The summed E-state index contributed by atoms with van der Waals surface area (Å²) in [7, 11) is 0. The summed E-state index contributed by atoms with van der Waals surface area (Å²) < 4.78 is 14.7. The molecule has 0 bridgehead atoms. The molecule has 0 saturated carbocycles. The van der Waals surface area contributed by atoms with Crippen molar-refractivity contribution >= 4 is 11.5 Å². The van der Waals surface area contributed by atoms with E-state index < -0.39 is 5.95 Å². The summed E-state index contributed by atoms with van der Waals surface area (Å²) in [6.07, 6.45) is 0. The van der Waals surface area contributed by atoms with Crippen LogP contribution in [-0.4, -0.2) is 9.59 Å². The molecule has 0 unspecified atom stereocenters. The standard InChI is InChI=1S/C2HFN2S/c3-2-1-6-5-4-2/h1H. The molecule has 0 amide bonds. The van der Waals surface area contributed by atoms with Gasteiger partial charge < -0.3 is 0 Å². The zero-order valence-corrected chi connectivity index (χ0v) is 3.57. The minimum atomic E-state index is -0.500. The molecule has 1 heterocycles. The van der Waals surface area contributed by atoms with Gasteiger partial charge in [-0.3, -0.25) is 0 Å². The topological polar surface area (TPSA) is 25.8 Å². The van der Waals surface area contributed by atoms with Crippen LogP contribution >= 0.6 is 11.5 Å². The Balaban J connectivity index is 3.05. The largest absolute Gasteiger partial charge is 0.245 e. The van der Waals surface area contributed by atoms with Gasteiger partial charge in [-0.2, -0.15) is 4.39 Å². The van der Waals surface area contributed by atoms with Crippen molar-refractivity contribution < 1.29 is 4.39 Å². The first-order chi connectivity index (χ1) is 2.89. The molecule has 0 aromatic carbocycles. The van der Waals surface area contributed by atoms with Gasteiger partial charge >= 0.3 is 0 Å². The van der Waals surface area contributed by atoms with E-state index in [4.69, 9.17) is 0 Å². The van der Waals surface area contributed by atoms with E-state index in [0.717, 1.165) is 11.5 Å². The summed E-state index contributed by atoms with van der Waals surface area (Å²) in [5.41, 5.74) is 0. The molecule has 0 atom stereocenters. The molecule has 1 rings (SSSR count). The SMILES string of the molecule is Fc1csnn1. The lowest BCUT2D eigenvalue weighted by Gasteiger charge is -1.56. The summed E-state index contributed by atoms with van der Waals surface area (Å²) in [6, 6.07) is 0. The second kappa shape index (κ2) is 1.30. The molecule has 2 nitrogen and oxygen atoms in total. The Bertz CT molecular complexity index is 115. The maximum atomic E-state index is 11.5. The van der Waals surface area contributed by atoms with Gasteiger partial charge in [-0.1, -0.05) is 4.49 Å². The van der Waals surface area contributed by atoms with Crippen molar-refractivity contribution in [2.75, 3.05) is 0 Å². The number of aromatic nitrogens is 2. The van der Waals surface area contributed by atoms with Gasteiger partial charge in [-0.05, 0) is 11.5 Å². The highest BCUT2D eigenvalue weighted by atomic mass is 32.1. The number of hydrogen-bond donors (Lipinski definition) is 0. The second-order valence-electron chi connectivity index (χ2n) is 0.728. The van der Waals surface area contributed by atoms with E-state index in [0.29, 0.717) is 0 Å². The van der Waals surface area contributed by atoms with Crippen molar-refractivity contribution in [2.45, 2.75) is 0 Å². The molecule has 0 radical (unpaired) electrons. The van der Waals surface area contributed by atoms with Crippen LogP contribution in [0.15, 0.2) is 5.38 Å². The van der Waals surface area contributed by atoms with Crippen LogP contribution in [0.5, 0.6) is 0 Å². The first-order valence-electron chi connectivity index (χ1n) is 1.32. The van der Waals surface area contributed by atoms with Crippen LogP contribution in [0.3, 0.4) is 0 Å². The molecule has 0 fully saturated rings. The van der Waals surface area contributed by atoms with Crippen LogP contribution in [0.1, 0.15) is 0 Å². The lowest BCUT2D eigenvalue weighted by atomic mass is 11.0. The Morgan fingerprint density at radius 1 is 1.83 bits per heavy atom. The Morgan fingerprint density at radius 3 is 2.83 bits per heavy atom. The molecule has 0 spiro atoms. The smallest absolute Gasteiger partial charge is 0.182 e. The Hall–Kier alpha value is -0.510. The molecule has 6 heavy (non-hydrogen) atoms. The van der Waals surface area contributed by atoms with Crippen molar-refractivity contribution in [3.8, 4) is 0 Å². The maximum Gasteiger partial charge on any atom is 0.245 e. The van der Waals surface area contributed by atoms with Gasteiger partial charge in [-0.15, -0.1) is 5.10 Å². The molecule has 1 aromatic rings. The van der Waals surface area contributed by atoms with Crippen LogP contribution in [-0.2, 0) is 0 Å². The summed E-state index contributed by atoms with van der Waals surface area (Å²) in [5, 5.41) is 4.25. The Labute approximate surface area is 37.8 Å². The summed E-state index contributed by atoms with van der Waals surface area (Å²) in [4.78, 5) is 0. The van der Waals surface area contributed by atoms with Crippen LogP contribution < -0.4 is 0 Å². The average Bonchev–Trinajstić information content (AvgIpc) is 1.86. The first-order valence-corrected chi connectivity index (χ1v) is 2.16. The molecule has 4 heteroatoms. The summed E-state index contributed by atoms with van der Waals surface area (Å²) >= 11 is 1.00. The van der Waals surface area contributed by atoms with Gasteiger partial charge in [0.15, 0.2) is 0 Å². The fourth-order valence-electron chi connectivity index (χ4n) is 0.153. The molecule has 0 saturated heterocycles. The predicted octanol–water partition coefficient (Wildman–Crippen LogP) is 0.677. The summed E-state index contributed by atoms with van der Waals surface area (Å²) in [6.45, 7) is 0. The monoisotopic (exact) mass is 104 g/mol. The lowest BCUT2D eigenvalue weighted by Crippen LogP contribution is -1.66. The molecule has 0 N–H and O–H groups in total. The van der Waals surface area contributed by atoms with Gasteiger partial charge in [0.25, 0.3) is 0 Å². The third kappa shape index (κ3) is 0.514. The fraction of sp³-hybridized carbons (Fsp3) is 0. The average molecular weight is 104 g/mol. The maximum absolute atomic E-state index is 11.5. The van der Waals surface area contributed by atoms with Gasteiger partial charge in [0.1, 0.15) is 0 Å².